The van der Waals surface area contributed by atoms with Gasteiger partial charge < -0.3 is 4.90 Å². The van der Waals surface area contributed by atoms with Crippen molar-refractivity contribution in [3.8, 4) is 44.5 Å². The van der Waals surface area contributed by atoms with Crippen molar-refractivity contribution in [2.75, 3.05) is 4.90 Å². The molecule has 0 heterocycles. The predicted octanol–water partition coefficient (Wildman–Crippen LogP) is 17.5. The summed E-state index contributed by atoms with van der Waals surface area (Å²) in [6.45, 7) is 19.6. The second kappa shape index (κ2) is 14.3. The molecule has 1 nitrogen and oxygen atoms in total. The van der Waals surface area contributed by atoms with Crippen molar-refractivity contribution < 1.29 is 0 Å². The highest BCUT2D eigenvalue weighted by molar-refractivity contribution is 6.00. The lowest BCUT2D eigenvalue weighted by Crippen LogP contribution is -2.34. The van der Waals surface area contributed by atoms with Crippen LogP contribution in [0.4, 0.5) is 17.1 Å². The van der Waals surface area contributed by atoms with Gasteiger partial charge in [-0.3, -0.25) is 0 Å². The number of benzene rings is 8. The van der Waals surface area contributed by atoms with Crippen LogP contribution < -0.4 is 4.90 Å². The van der Waals surface area contributed by atoms with Gasteiger partial charge in [0, 0.05) is 16.9 Å². The van der Waals surface area contributed by atoms with Gasteiger partial charge in [0.2, 0.25) is 0 Å². The van der Waals surface area contributed by atoms with Gasteiger partial charge in [0.25, 0.3) is 0 Å². The molecule has 0 bridgehead atoms. The molecule has 12 rings (SSSR count). The zero-order chi connectivity index (χ0) is 45.4. The molecule has 0 aliphatic heterocycles. The summed E-state index contributed by atoms with van der Waals surface area (Å²) in [7, 11) is 0. The summed E-state index contributed by atoms with van der Waals surface area (Å²) in [4.78, 5) is 2.57. The first-order valence-electron chi connectivity index (χ1n) is 24.4. The van der Waals surface area contributed by atoms with Crippen molar-refractivity contribution in [1.82, 2.24) is 0 Å². The van der Waals surface area contributed by atoms with Crippen LogP contribution >= 0.6 is 0 Å². The van der Waals surface area contributed by atoms with Crippen molar-refractivity contribution >= 4 is 17.1 Å². The average Bonchev–Trinajstić information content (AvgIpc) is 3.79. The maximum atomic E-state index is 2.61. The maximum Gasteiger partial charge on any atom is 0.0726 e. The molecule has 0 amide bonds. The minimum atomic E-state index is -0.469. The van der Waals surface area contributed by atoms with E-state index >= 15 is 0 Å². The molecular weight excluding hydrogens is 795 g/mol. The van der Waals surface area contributed by atoms with E-state index in [0.29, 0.717) is 0 Å². The standard InChI is InChI=1S/C65H61N/c1-61(2)36-38-63(5,6)59-45(25-18-30-55(59)61)42-32-34-44(35-33-42)66(43-20-10-9-11-21-43)58-41-57-50(40-51(58)49-26-19-31-56-60(49)64(7,8)39-37-62(56,3)4)48-24-14-17-29-54(48)65(57)52-27-15-12-22-46(52)47-23-13-16-28-53(47)65/h9-35,40-41H,36-39H2,1-8H3. The van der Waals surface area contributed by atoms with E-state index in [9.17, 15) is 0 Å². The molecule has 0 atom stereocenters. The van der Waals surface area contributed by atoms with E-state index in [-0.39, 0.29) is 21.7 Å². The highest BCUT2D eigenvalue weighted by atomic mass is 15.1. The molecule has 0 N–H and O–H groups in total. The van der Waals surface area contributed by atoms with E-state index in [0.717, 1.165) is 17.8 Å². The van der Waals surface area contributed by atoms with Gasteiger partial charge in [-0.2, -0.15) is 0 Å². The van der Waals surface area contributed by atoms with E-state index in [1.54, 1.807) is 0 Å². The van der Waals surface area contributed by atoms with E-state index < -0.39 is 5.41 Å². The van der Waals surface area contributed by atoms with Crippen molar-refractivity contribution in [2.24, 2.45) is 0 Å². The lowest BCUT2D eigenvalue weighted by atomic mass is 9.61. The molecular formula is C65H61N. The second-order valence-corrected chi connectivity index (χ2v) is 22.5. The summed E-state index contributed by atoms with van der Waals surface area (Å²) in [5.41, 5.74) is 25.3. The molecule has 326 valence electrons. The topological polar surface area (TPSA) is 3.24 Å². The van der Waals surface area contributed by atoms with Gasteiger partial charge in [0.1, 0.15) is 0 Å². The van der Waals surface area contributed by atoms with Gasteiger partial charge in [-0.1, -0.05) is 195 Å². The smallest absolute Gasteiger partial charge is 0.0726 e. The monoisotopic (exact) mass is 855 g/mol. The first-order valence-corrected chi connectivity index (χ1v) is 24.4. The third kappa shape index (κ3) is 5.78. The van der Waals surface area contributed by atoms with Gasteiger partial charge in [-0.25, -0.2) is 0 Å². The number of rotatable bonds is 5. The van der Waals surface area contributed by atoms with Crippen molar-refractivity contribution in [2.45, 2.75) is 108 Å². The molecule has 0 unspecified atom stereocenters. The zero-order valence-electron chi connectivity index (χ0n) is 40.0. The van der Waals surface area contributed by atoms with Crippen molar-refractivity contribution in [3.05, 3.63) is 220 Å². The van der Waals surface area contributed by atoms with E-state index in [4.69, 9.17) is 0 Å². The summed E-state index contributed by atoms with van der Waals surface area (Å²) in [5.74, 6) is 0. The zero-order valence-corrected chi connectivity index (χ0v) is 40.0. The van der Waals surface area contributed by atoms with Crippen LogP contribution in [0.1, 0.15) is 126 Å². The van der Waals surface area contributed by atoms with Gasteiger partial charge in [-0.15, -0.1) is 0 Å². The summed E-state index contributed by atoms with van der Waals surface area (Å²) < 4.78 is 0. The molecule has 0 fully saturated rings. The molecule has 0 saturated heterocycles. The van der Waals surface area contributed by atoms with Crippen LogP contribution in [0.2, 0.25) is 0 Å². The Morgan fingerprint density at radius 3 is 1.26 bits per heavy atom. The SMILES string of the molecule is CC1(C)CCC(C)(C)c2c(-c3ccc(N(c4ccccc4)c4cc5c(cc4-c4cccc6c4C(C)(C)CCC6(C)C)-c4ccccc4C54c5ccccc5-c5ccccc54)cc3)cccc21. The van der Waals surface area contributed by atoms with Gasteiger partial charge in [0.15, 0.2) is 0 Å². The number of hydrogen-bond donors (Lipinski definition) is 0. The lowest BCUT2D eigenvalue weighted by Gasteiger charge is -2.43. The molecule has 1 heteroatoms. The summed E-state index contributed by atoms with van der Waals surface area (Å²) in [6.07, 6.45) is 4.70. The van der Waals surface area contributed by atoms with Gasteiger partial charge in [-0.05, 0) is 167 Å². The summed E-state index contributed by atoms with van der Waals surface area (Å²) >= 11 is 0. The molecule has 8 aromatic rings. The Kier molecular flexibility index (Phi) is 8.88. The molecule has 0 saturated carbocycles. The second-order valence-electron chi connectivity index (χ2n) is 22.5. The third-order valence-corrected chi connectivity index (χ3v) is 16.8. The molecule has 4 aliphatic carbocycles. The Balaban J connectivity index is 1.16. The van der Waals surface area contributed by atoms with Crippen LogP contribution in [0.5, 0.6) is 0 Å². The van der Waals surface area contributed by atoms with Gasteiger partial charge >= 0.3 is 0 Å². The number of hydrogen-bond acceptors (Lipinski definition) is 1. The molecule has 8 aromatic carbocycles. The van der Waals surface area contributed by atoms with Crippen molar-refractivity contribution in [3.63, 3.8) is 0 Å². The molecule has 0 radical (unpaired) electrons. The average molecular weight is 856 g/mol. The van der Waals surface area contributed by atoms with Crippen LogP contribution in [0.25, 0.3) is 44.5 Å². The highest BCUT2D eigenvalue weighted by Crippen LogP contribution is 2.65. The Morgan fingerprint density at radius 2 is 0.712 bits per heavy atom. The van der Waals surface area contributed by atoms with Crippen LogP contribution in [0.3, 0.4) is 0 Å². The summed E-state index contributed by atoms with van der Waals surface area (Å²) in [6, 6.07) is 67.7. The number of para-hydroxylation sites is 1. The number of fused-ring (bicyclic) bond motifs is 12. The normalized spacial score (nSPS) is 18.1. The minimum Gasteiger partial charge on any atom is -0.310 e. The number of nitrogens with zero attached hydrogens (tertiary/aromatic N) is 1. The minimum absolute atomic E-state index is 0.00339. The Hall–Kier alpha value is -6.44. The maximum absolute atomic E-state index is 2.61. The Bertz CT molecular complexity index is 3200. The highest BCUT2D eigenvalue weighted by Gasteiger charge is 2.52. The van der Waals surface area contributed by atoms with Crippen molar-refractivity contribution in [1.29, 1.82) is 0 Å². The first-order chi connectivity index (χ1) is 31.7. The quantitative estimate of drug-likeness (QED) is 0.167. The van der Waals surface area contributed by atoms with Crippen LogP contribution in [-0.2, 0) is 27.1 Å². The Labute approximate surface area is 393 Å². The van der Waals surface area contributed by atoms with E-state index in [2.05, 4.69) is 236 Å². The predicted molar refractivity (Wildman–Crippen MR) is 279 cm³/mol. The van der Waals surface area contributed by atoms with Crippen LogP contribution in [-0.4, -0.2) is 0 Å². The van der Waals surface area contributed by atoms with Crippen LogP contribution in [0.15, 0.2) is 176 Å². The fourth-order valence-electron chi connectivity index (χ4n) is 13.2. The fraction of sp³-hybridized carbons (Fsp3) is 0.262. The molecule has 1 spiro atoms. The lowest BCUT2D eigenvalue weighted by molar-refractivity contribution is 0.333. The van der Waals surface area contributed by atoms with E-state index in [1.807, 2.05) is 0 Å². The largest absolute Gasteiger partial charge is 0.310 e. The van der Waals surface area contributed by atoms with E-state index in [1.165, 1.54) is 114 Å². The number of anilines is 3. The molecule has 66 heavy (non-hydrogen) atoms. The molecule has 4 aliphatic rings. The third-order valence-electron chi connectivity index (χ3n) is 16.8. The fourth-order valence-corrected chi connectivity index (χ4v) is 13.2. The first kappa shape index (κ1) is 41.0. The van der Waals surface area contributed by atoms with Gasteiger partial charge in [0.05, 0.1) is 11.1 Å². The summed E-state index contributed by atoms with van der Waals surface area (Å²) in [5, 5.41) is 0. The molecule has 0 aromatic heterocycles. The Morgan fingerprint density at radius 1 is 0.303 bits per heavy atom. The van der Waals surface area contributed by atoms with Crippen LogP contribution in [0, 0.1) is 0 Å².